The fraction of sp³-hybridized carbons (Fsp3) is 0.368. The van der Waals surface area contributed by atoms with Gasteiger partial charge in [-0.25, -0.2) is 0 Å². The molecule has 46 heavy (non-hydrogen) atoms. The fourth-order valence-corrected chi connectivity index (χ4v) is 5.07. The zero-order chi connectivity index (χ0) is 33.3. The number of benzene rings is 4. The SMILES string of the molecule is CC(Oc1ccc(C(C)(C)c2ccc(OCC(O)CO)cc2)cc1)Oc1ccc(C(C)(C)c2ccc(OCC(O)CO)cc2)cc1. The normalized spacial score (nSPS) is 13.8. The highest BCUT2D eigenvalue weighted by Crippen LogP contribution is 2.35. The van der Waals surface area contributed by atoms with E-state index in [9.17, 15) is 10.2 Å². The Kier molecular flexibility index (Phi) is 11.7. The van der Waals surface area contributed by atoms with Crippen molar-refractivity contribution in [2.45, 2.75) is 63.9 Å². The van der Waals surface area contributed by atoms with Crippen molar-refractivity contribution in [2.75, 3.05) is 26.4 Å². The van der Waals surface area contributed by atoms with Crippen LogP contribution in [0.25, 0.3) is 0 Å². The van der Waals surface area contributed by atoms with Gasteiger partial charge in [0.15, 0.2) is 0 Å². The van der Waals surface area contributed by atoms with Crippen molar-refractivity contribution < 1.29 is 39.4 Å². The first-order valence-corrected chi connectivity index (χ1v) is 15.5. The molecule has 0 bridgehead atoms. The van der Waals surface area contributed by atoms with E-state index in [1.165, 1.54) is 0 Å². The van der Waals surface area contributed by atoms with E-state index in [4.69, 9.17) is 29.2 Å². The van der Waals surface area contributed by atoms with Crippen molar-refractivity contribution in [3.05, 3.63) is 119 Å². The Morgan fingerprint density at radius 2 is 0.739 bits per heavy atom. The molecule has 0 aliphatic rings. The van der Waals surface area contributed by atoms with E-state index < -0.39 is 18.5 Å². The number of aliphatic hydroxyl groups is 4. The van der Waals surface area contributed by atoms with Gasteiger partial charge in [0.05, 0.1) is 13.2 Å². The summed E-state index contributed by atoms with van der Waals surface area (Å²) >= 11 is 0. The van der Waals surface area contributed by atoms with Crippen molar-refractivity contribution >= 4 is 0 Å². The molecule has 246 valence electrons. The minimum absolute atomic E-state index is 0.0416. The van der Waals surface area contributed by atoms with E-state index in [1.54, 1.807) is 0 Å². The summed E-state index contributed by atoms with van der Waals surface area (Å²) in [5.41, 5.74) is 3.94. The third-order valence-corrected chi connectivity index (χ3v) is 8.21. The third kappa shape index (κ3) is 9.01. The molecule has 0 saturated heterocycles. The molecule has 4 rings (SSSR count). The second kappa shape index (κ2) is 15.5. The number of hydrogen-bond donors (Lipinski definition) is 4. The molecule has 8 nitrogen and oxygen atoms in total. The number of rotatable bonds is 16. The van der Waals surface area contributed by atoms with Gasteiger partial charge in [-0.3, -0.25) is 0 Å². The molecule has 0 heterocycles. The molecule has 8 heteroatoms. The Hall–Kier alpha value is -4.08. The molecular weight excluding hydrogens is 584 g/mol. The predicted molar refractivity (Wildman–Crippen MR) is 178 cm³/mol. The molecule has 0 aliphatic heterocycles. The molecule has 4 N–H and O–H groups in total. The Morgan fingerprint density at radius 1 is 0.478 bits per heavy atom. The first kappa shape index (κ1) is 34.8. The molecule has 0 aliphatic carbocycles. The lowest BCUT2D eigenvalue weighted by Gasteiger charge is -2.27. The largest absolute Gasteiger partial charge is 0.491 e. The van der Waals surface area contributed by atoms with E-state index in [0.29, 0.717) is 23.0 Å². The van der Waals surface area contributed by atoms with Crippen molar-refractivity contribution in [3.8, 4) is 23.0 Å². The molecular formula is C38H46O8. The summed E-state index contributed by atoms with van der Waals surface area (Å²) in [6, 6.07) is 31.5. The van der Waals surface area contributed by atoms with Gasteiger partial charge in [-0.05, 0) is 70.8 Å². The first-order chi connectivity index (χ1) is 21.9. The van der Waals surface area contributed by atoms with Crippen LogP contribution in [-0.4, -0.2) is 65.4 Å². The molecule has 4 aromatic rings. The van der Waals surface area contributed by atoms with Crippen LogP contribution in [0.2, 0.25) is 0 Å². The number of ether oxygens (including phenoxy) is 4. The summed E-state index contributed by atoms with van der Waals surface area (Å²) in [5, 5.41) is 36.9. The fourth-order valence-electron chi connectivity index (χ4n) is 5.07. The second-order valence-electron chi connectivity index (χ2n) is 12.4. The van der Waals surface area contributed by atoms with Gasteiger partial charge in [0.2, 0.25) is 6.29 Å². The quantitative estimate of drug-likeness (QED) is 0.118. The van der Waals surface area contributed by atoms with Crippen LogP contribution in [0.3, 0.4) is 0 Å². The molecule has 0 fully saturated rings. The van der Waals surface area contributed by atoms with E-state index in [1.807, 2.05) is 79.7 Å². The molecule has 4 aromatic carbocycles. The first-order valence-electron chi connectivity index (χ1n) is 15.5. The summed E-state index contributed by atoms with van der Waals surface area (Å²) in [6.45, 7) is 9.89. The van der Waals surface area contributed by atoms with Crippen molar-refractivity contribution in [3.63, 3.8) is 0 Å². The van der Waals surface area contributed by atoms with E-state index >= 15 is 0 Å². The molecule has 0 radical (unpaired) electrons. The molecule has 0 amide bonds. The van der Waals surface area contributed by atoms with Gasteiger partial charge in [0.1, 0.15) is 48.4 Å². The number of aliphatic hydroxyl groups excluding tert-OH is 4. The third-order valence-electron chi connectivity index (χ3n) is 8.21. The Labute approximate surface area is 271 Å². The molecule has 0 aromatic heterocycles. The van der Waals surface area contributed by atoms with Crippen LogP contribution in [0.15, 0.2) is 97.1 Å². The lowest BCUT2D eigenvalue weighted by Crippen LogP contribution is -2.22. The topological polar surface area (TPSA) is 118 Å². The summed E-state index contributed by atoms with van der Waals surface area (Å²) in [5.74, 6) is 2.68. The van der Waals surface area contributed by atoms with Gasteiger partial charge in [-0.15, -0.1) is 0 Å². The minimum atomic E-state index is -0.901. The average Bonchev–Trinajstić information content (AvgIpc) is 3.06. The lowest BCUT2D eigenvalue weighted by atomic mass is 9.78. The molecule has 0 saturated carbocycles. The summed E-state index contributed by atoms with van der Waals surface area (Å²) < 4.78 is 23.2. The Balaban J connectivity index is 1.32. The zero-order valence-corrected chi connectivity index (χ0v) is 27.2. The van der Waals surface area contributed by atoms with E-state index in [0.717, 1.165) is 22.3 Å². The maximum Gasteiger partial charge on any atom is 0.238 e. The van der Waals surface area contributed by atoms with Crippen molar-refractivity contribution in [1.82, 2.24) is 0 Å². The molecule has 2 unspecified atom stereocenters. The van der Waals surface area contributed by atoms with Crippen LogP contribution in [0.5, 0.6) is 23.0 Å². The van der Waals surface area contributed by atoms with Crippen LogP contribution < -0.4 is 18.9 Å². The summed E-state index contributed by atoms with van der Waals surface area (Å²) in [6.07, 6.45) is -2.31. The standard InChI is InChI=1S/C38H46O8/c1-26(45-35-18-10-29(11-19-35)37(2,3)27-6-14-33(15-7-27)43-24-31(41)22-39)46-36-20-12-30(13-21-36)38(4,5)28-8-16-34(17-9-28)44-25-32(42)23-40/h6-21,26,31-32,39-42H,22-25H2,1-5H3. The van der Waals surface area contributed by atoms with Crippen molar-refractivity contribution in [1.29, 1.82) is 0 Å². The van der Waals surface area contributed by atoms with Gasteiger partial charge in [-0.2, -0.15) is 0 Å². The summed E-state index contributed by atoms with van der Waals surface area (Å²) in [4.78, 5) is 0. The smallest absolute Gasteiger partial charge is 0.238 e. The highest BCUT2D eigenvalue weighted by Gasteiger charge is 2.25. The van der Waals surface area contributed by atoms with Crippen LogP contribution in [0.1, 0.15) is 56.9 Å². The lowest BCUT2D eigenvalue weighted by molar-refractivity contribution is 0.0223. The Bertz CT molecular complexity index is 1370. The molecule has 0 spiro atoms. The minimum Gasteiger partial charge on any atom is -0.491 e. The highest BCUT2D eigenvalue weighted by molar-refractivity contribution is 5.43. The zero-order valence-electron chi connectivity index (χ0n) is 27.2. The Morgan fingerprint density at radius 3 is 1.00 bits per heavy atom. The predicted octanol–water partition coefficient (Wildman–Crippen LogP) is 5.61. The van der Waals surface area contributed by atoms with Crippen molar-refractivity contribution in [2.24, 2.45) is 0 Å². The maximum atomic E-state index is 9.50. The number of hydrogen-bond acceptors (Lipinski definition) is 8. The summed E-state index contributed by atoms with van der Waals surface area (Å²) in [7, 11) is 0. The maximum absolute atomic E-state index is 9.50. The highest BCUT2D eigenvalue weighted by atomic mass is 16.7. The monoisotopic (exact) mass is 630 g/mol. The van der Waals surface area contributed by atoms with Crippen LogP contribution in [0.4, 0.5) is 0 Å². The van der Waals surface area contributed by atoms with Gasteiger partial charge in [-0.1, -0.05) is 76.2 Å². The van der Waals surface area contributed by atoms with Gasteiger partial charge < -0.3 is 39.4 Å². The average molecular weight is 631 g/mol. The van der Waals surface area contributed by atoms with Crippen LogP contribution in [-0.2, 0) is 10.8 Å². The second-order valence-corrected chi connectivity index (χ2v) is 12.4. The van der Waals surface area contributed by atoms with Gasteiger partial charge in [0.25, 0.3) is 0 Å². The van der Waals surface area contributed by atoms with Crippen LogP contribution in [0, 0.1) is 0 Å². The molecule has 2 atom stereocenters. The van der Waals surface area contributed by atoms with Crippen LogP contribution >= 0.6 is 0 Å². The van der Waals surface area contributed by atoms with E-state index in [-0.39, 0.29) is 37.3 Å². The van der Waals surface area contributed by atoms with Gasteiger partial charge in [0, 0.05) is 17.8 Å². The van der Waals surface area contributed by atoms with E-state index in [2.05, 4.69) is 52.0 Å². The van der Waals surface area contributed by atoms with Gasteiger partial charge >= 0.3 is 0 Å².